The molecule has 0 aliphatic rings. The van der Waals surface area contributed by atoms with Crippen molar-refractivity contribution in [2.24, 2.45) is 0 Å². The summed E-state index contributed by atoms with van der Waals surface area (Å²) in [6, 6.07) is 4.05. The van der Waals surface area contributed by atoms with E-state index in [0.717, 1.165) is 31.7 Å². The van der Waals surface area contributed by atoms with Crippen molar-refractivity contribution < 1.29 is 4.74 Å². The highest BCUT2D eigenvalue weighted by Crippen LogP contribution is 1.95. The summed E-state index contributed by atoms with van der Waals surface area (Å²) in [7, 11) is 0. The standard InChI is InChI=1S/C13H20N2O/c1-12(2)11-16-9-8-14-7-5-13-4-3-6-15-10-13/h3-4,6,10,14H,1,5,7-9,11H2,2H3. The number of ether oxygens (including phenoxy) is 1. The molecule has 3 nitrogen and oxygen atoms in total. The van der Waals surface area contributed by atoms with E-state index in [4.69, 9.17) is 4.74 Å². The second-order valence-corrected chi connectivity index (χ2v) is 3.87. The van der Waals surface area contributed by atoms with Gasteiger partial charge in [0, 0.05) is 18.9 Å². The number of pyridine rings is 1. The molecule has 0 bridgehead atoms. The van der Waals surface area contributed by atoms with Gasteiger partial charge in [0.25, 0.3) is 0 Å². The lowest BCUT2D eigenvalue weighted by molar-refractivity contribution is 0.158. The minimum atomic E-state index is 0.657. The van der Waals surface area contributed by atoms with Crippen LogP contribution >= 0.6 is 0 Å². The van der Waals surface area contributed by atoms with E-state index in [9.17, 15) is 0 Å². The molecule has 1 N–H and O–H groups in total. The van der Waals surface area contributed by atoms with Crippen LogP contribution in [-0.2, 0) is 11.2 Å². The first-order chi connectivity index (χ1) is 7.79. The second kappa shape index (κ2) is 8.02. The average molecular weight is 220 g/mol. The lowest BCUT2D eigenvalue weighted by Gasteiger charge is -2.05. The molecule has 0 unspecified atom stereocenters. The minimum absolute atomic E-state index is 0.657. The molecule has 16 heavy (non-hydrogen) atoms. The van der Waals surface area contributed by atoms with Gasteiger partial charge in [-0.2, -0.15) is 0 Å². The molecule has 1 aromatic heterocycles. The highest BCUT2D eigenvalue weighted by molar-refractivity contribution is 5.08. The Kier molecular flexibility index (Phi) is 6.45. The van der Waals surface area contributed by atoms with Gasteiger partial charge in [-0.3, -0.25) is 4.98 Å². The number of rotatable bonds is 8. The molecule has 0 atom stereocenters. The van der Waals surface area contributed by atoms with Crippen LogP contribution in [0.4, 0.5) is 0 Å². The third-order valence-corrected chi connectivity index (χ3v) is 2.08. The van der Waals surface area contributed by atoms with Gasteiger partial charge in [-0.25, -0.2) is 0 Å². The maximum absolute atomic E-state index is 5.37. The maximum Gasteiger partial charge on any atom is 0.0672 e. The van der Waals surface area contributed by atoms with Crippen LogP contribution in [0.5, 0.6) is 0 Å². The highest BCUT2D eigenvalue weighted by atomic mass is 16.5. The SMILES string of the molecule is C=C(C)COCCNCCc1cccnc1. The zero-order valence-corrected chi connectivity index (χ0v) is 9.91. The molecular formula is C13H20N2O. The second-order valence-electron chi connectivity index (χ2n) is 3.87. The third kappa shape index (κ3) is 6.32. The predicted molar refractivity (Wildman–Crippen MR) is 66.4 cm³/mol. The van der Waals surface area contributed by atoms with Crippen LogP contribution in [0.3, 0.4) is 0 Å². The summed E-state index contributed by atoms with van der Waals surface area (Å²) in [5.74, 6) is 0. The van der Waals surface area contributed by atoms with Gasteiger partial charge in [0.2, 0.25) is 0 Å². The molecule has 0 amide bonds. The Morgan fingerprint density at radius 3 is 3.06 bits per heavy atom. The van der Waals surface area contributed by atoms with Gasteiger partial charge in [-0.15, -0.1) is 0 Å². The molecule has 0 aliphatic heterocycles. The van der Waals surface area contributed by atoms with E-state index in [-0.39, 0.29) is 0 Å². The molecule has 0 aromatic carbocycles. The van der Waals surface area contributed by atoms with Crippen molar-refractivity contribution in [3.63, 3.8) is 0 Å². The third-order valence-electron chi connectivity index (χ3n) is 2.08. The molecule has 3 heteroatoms. The molecule has 1 aromatic rings. The smallest absolute Gasteiger partial charge is 0.0672 e. The Morgan fingerprint density at radius 2 is 2.38 bits per heavy atom. The Bertz CT molecular complexity index is 298. The Balaban J connectivity index is 1.94. The fraction of sp³-hybridized carbons (Fsp3) is 0.462. The van der Waals surface area contributed by atoms with Gasteiger partial charge in [0.1, 0.15) is 0 Å². The minimum Gasteiger partial charge on any atom is -0.376 e. The van der Waals surface area contributed by atoms with Crippen LogP contribution in [0.1, 0.15) is 12.5 Å². The van der Waals surface area contributed by atoms with Gasteiger partial charge >= 0.3 is 0 Å². The topological polar surface area (TPSA) is 34.1 Å². The number of hydrogen-bond acceptors (Lipinski definition) is 3. The van der Waals surface area contributed by atoms with Crippen molar-refractivity contribution in [1.82, 2.24) is 10.3 Å². The first-order valence-corrected chi connectivity index (χ1v) is 5.61. The summed E-state index contributed by atoms with van der Waals surface area (Å²) in [6.07, 6.45) is 4.70. The normalized spacial score (nSPS) is 10.3. The van der Waals surface area contributed by atoms with Crippen LogP contribution in [-0.4, -0.2) is 31.3 Å². The van der Waals surface area contributed by atoms with Crippen molar-refractivity contribution in [3.8, 4) is 0 Å². The molecular weight excluding hydrogens is 200 g/mol. The van der Waals surface area contributed by atoms with Crippen molar-refractivity contribution in [3.05, 3.63) is 42.2 Å². The molecule has 88 valence electrons. The van der Waals surface area contributed by atoms with Gasteiger partial charge in [0.15, 0.2) is 0 Å². The fourth-order valence-corrected chi connectivity index (χ4v) is 1.29. The van der Waals surface area contributed by atoms with Crippen LogP contribution in [0.2, 0.25) is 0 Å². The number of hydrogen-bond donors (Lipinski definition) is 1. The van der Waals surface area contributed by atoms with E-state index in [0.29, 0.717) is 6.61 Å². The predicted octanol–water partition coefficient (Wildman–Crippen LogP) is 1.81. The first kappa shape index (κ1) is 12.9. The van der Waals surface area contributed by atoms with Crippen LogP contribution in [0, 0.1) is 0 Å². The lowest BCUT2D eigenvalue weighted by Crippen LogP contribution is -2.22. The van der Waals surface area contributed by atoms with E-state index >= 15 is 0 Å². The van der Waals surface area contributed by atoms with Gasteiger partial charge in [-0.05, 0) is 31.5 Å². The van der Waals surface area contributed by atoms with Crippen molar-refractivity contribution in [2.75, 3.05) is 26.3 Å². The summed E-state index contributed by atoms with van der Waals surface area (Å²) >= 11 is 0. The van der Waals surface area contributed by atoms with E-state index < -0.39 is 0 Å². The zero-order chi connectivity index (χ0) is 11.6. The monoisotopic (exact) mass is 220 g/mol. The highest BCUT2D eigenvalue weighted by Gasteiger charge is 1.92. The molecule has 0 saturated heterocycles. The number of nitrogens with one attached hydrogen (secondary N) is 1. The van der Waals surface area contributed by atoms with Crippen LogP contribution in [0.15, 0.2) is 36.7 Å². The van der Waals surface area contributed by atoms with E-state index in [1.807, 2.05) is 19.2 Å². The summed E-state index contributed by atoms with van der Waals surface area (Å²) in [5, 5.41) is 3.33. The Labute approximate surface area is 97.5 Å². The van der Waals surface area contributed by atoms with Crippen molar-refractivity contribution >= 4 is 0 Å². The largest absolute Gasteiger partial charge is 0.376 e. The fourth-order valence-electron chi connectivity index (χ4n) is 1.29. The molecule has 0 aliphatic carbocycles. The summed E-state index contributed by atoms with van der Waals surface area (Å²) in [5.41, 5.74) is 2.33. The summed E-state index contributed by atoms with van der Waals surface area (Å²) < 4.78 is 5.37. The van der Waals surface area contributed by atoms with Crippen molar-refractivity contribution in [2.45, 2.75) is 13.3 Å². The molecule has 0 saturated carbocycles. The maximum atomic E-state index is 5.37. The molecule has 0 radical (unpaired) electrons. The van der Waals surface area contributed by atoms with E-state index in [1.54, 1.807) is 6.20 Å². The Hall–Kier alpha value is -1.19. The molecule has 1 rings (SSSR count). The lowest BCUT2D eigenvalue weighted by atomic mass is 10.2. The average Bonchev–Trinajstić information content (AvgIpc) is 2.29. The quantitative estimate of drug-likeness (QED) is 0.536. The zero-order valence-electron chi connectivity index (χ0n) is 9.91. The summed E-state index contributed by atoms with van der Waals surface area (Å²) in [4.78, 5) is 4.07. The van der Waals surface area contributed by atoms with Gasteiger partial charge in [-0.1, -0.05) is 18.2 Å². The number of nitrogens with zero attached hydrogens (tertiary/aromatic N) is 1. The van der Waals surface area contributed by atoms with Gasteiger partial charge < -0.3 is 10.1 Å². The van der Waals surface area contributed by atoms with E-state index in [2.05, 4.69) is 22.9 Å². The molecule has 0 spiro atoms. The van der Waals surface area contributed by atoms with Crippen LogP contribution < -0.4 is 5.32 Å². The molecule has 0 fully saturated rings. The van der Waals surface area contributed by atoms with Crippen molar-refractivity contribution in [1.29, 1.82) is 0 Å². The van der Waals surface area contributed by atoms with E-state index in [1.165, 1.54) is 5.56 Å². The van der Waals surface area contributed by atoms with Crippen LogP contribution in [0.25, 0.3) is 0 Å². The first-order valence-electron chi connectivity index (χ1n) is 5.61. The number of aromatic nitrogens is 1. The Morgan fingerprint density at radius 1 is 1.50 bits per heavy atom. The molecule has 1 heterocycles. The van der Waals surface area contributed by atoms with Gasteiger partial charge in [0.05, 0.1) is 13.2 Å². The summed E-state index contributed by atoms with van der Waals surface area (Å²) in [6.45, 7) is 8.98.